The number of hydrogen-bond acceptors (Lipinski definition) is 8. The van der Waals surface area contributed by atoms with E-state index in [2.05, 4.69) is 15.6 Å². The SMILES string of the molecule is COc1cccc(-c2csc(NC(=O)C(Sc3ccc(NC(=O)c4ccc([N+](=O)[O-])cc4)cc3)c3ccccc3)n2)c1. The van der Waals surface area contributed by atoms with Gasteiger partial charge < -0.3 is 15.4 Å². The van der Waals surface area contributed by atoms with Gasteiger partial charge in [0, 0.05) is 39.2 Å². The maximum absolute atomic E-state index is 13.5. The highest BCUT2D eigenvalue weighted by Crippen LogP contribution is 2.37. The molecule has 0 aliphatic rings. The highest BCUT2D eigenvalue weighted by Gasteiger charge is 2.23. The fourth-order valence-corrected chi connectivity index (χ4v) is 5.76. The van der Waals surface area contributed by atoms with E-state index in [1.54, 1.807) is 19.2 Å². The van der Waals surface area contributed by atoms with E-state index in [4.69, 9.17) is 4.74 Å². The van der Waals surface area contributed by atoms with Crippen molar-refractivity contribution in [2.45, 2.75) is 10.1 Å². The number of nitro benzene ring substituents is 1. The van der Waals surface area contributed by atoms with Gasteiger partial charge in [0.1, 0.15) is 11.0 Å². The van der Waals surface area contributed by atoms with Crippen LogP contribution in [0.2, 0.25) is 0 Å². The maximum atomic E-state index is 13.5. The summed E-state index contributed by atoms with van der Waals surface area (Å²) in [4.78, 5) is 41.9. The van der Waals surface area contributed by atoms with Gasteiger partial charge in [0.2, 0.25) is 5.91 Å². The van der Waals surface area contributed by atoms with Crippen LogP contribution < -0.4 is 15.4 Å². The Hall–Kier alpha value is -5.00. The Bertz CT molecular complexity index is 1710. The Balaban J connectivity index is 1.28. The summed E-state index contributed by atoms with van der Waals surface area (Å²) in [5, 5.41) is 18.4. The molecule has 5 rings (SSSR count). The zero-order valence-electron chi connectivity index (χ0n) is 22.2. The van der Waals surface area contributed by atoms with Crippen LogP contribution in [0.4, 0.5) is 16.5 Å². The number of benzene rings is 4. The average molecular weight is 597 g/mol. The molecule has 0 bridgehead atoms. The van der Waals surface area contributed by atoms with Crippen molar-refractivity contribution in [2.24, 2.45) is 0 Å². The van der Waals surface area contributed by atoms with Crippen LogP contribution in [0.25, 0.3) is 11.3 Å². The number of carbonyl (C=O) groups is 2. The number of nitro groups is 1. The van der Waals surface area contributed by atoms with Gasteiger partial charge in [-0.25, -0.2) is 4.98 Å². The Labute approximate surface area is 249 Å². The topological polar surface area (TPSA) is 123 Å². The van der Waals surface area contributed by atoms with E-state index >= 15 is 0 Å². The number of amides is 2. The minimum absolute atomic E-state index is 0.0860. The summed E-state index contributed by atoms with van der Waals surface area (Å²) in [6, 6.07) is 29.6. The third kappa shape index (κ3) is 7.00. The minimum Gasteiger partial charge on any atom is -0.497 e. The van der Waals surface area contributed by atoms with E-state index < -0.39 is 10.2 Å². The molecule has 1 aromatic heterocycles. The zero-order chi connectivity index (χ0) is 29.5. The minimum atomic E-state index is -0.559. The van der Waals surface area contributed by atoms with Crippen molar-refractivity contribution < 1.29 is 19.2 Å². The van der Waals surface area contributed by atoms with E-state index in [1.165, 1.54) is 47.4 Å². The van der Waals surface area contributed by atoms with E-state index in [-0.39, 0.29) is 17.5 Å². The second kappa shape index (κ2) is 13.1. The van der Waals surface area contributed by atoms with Gasteiger partial charge in [0.15, 0.2) is 5.13 Å². The molecule has 1 unspecified atom stereocenters. The van der Waals surface area contributed by atoms with Gasteiger partial charge in [0.05, 0.1) is 17.7 Å². The maximum Gasteiger partial charge on any atom is 0.269 e. The van der Waals surface area contributed by atoms with Gasteiger partial charge >= 0.3 is 0 Å². The number of ether oxygens (including phenoxy) is 1. The van der Waals surface area contributed by atoms with Crippen LogP contribution in [0.3, 0.4) is 0 Å². The molecule has 0 saturated heterocycles. The smallest absolute Gasteiger partial charge is 0.269 e. The third-order valence-corrected chi connectivity index (χ3v) is 8.17. The molecule has 0 aliphatic carbocycles. The first-order valence-electron chi connectivity index (χ1n) is 12.7. The highest BCUT2D eigenvalue weighted by molar-refractivity contribution is 8.00. The Kier molecular flexibility index (Phi) is 8.90. The molecule has 0 spiro atoms. The fraction of sp³-hybridized carbons (Fsp3) is 0.0645. The first-order chi connectivity index (χ1) is 20.4. The number of rotatable bonds is 10. The summed E-state index contributed by atoms with van der Waals surface area (Å²) in [5.74, 6) is 0.125. The monoisotopic (exact) mass is 596 g/mol. The number of hydrogen-bond donors (Lipinski definition) is 2. The number of carbonyl (C=O) groups excluding carboxylic acids is 2. The van der Waals surface area contributed by atoms with Crippen LogP contribution in [0.5, 0.6) is 5.75 Å². The lowest BCUT2D eigenvalue weighted by Gasteiger charge is -2.16. The summed E-state index contributed by atoms with van der Waals surface area (Å²) < 4.78 is 5.30. The van der Waals surface area contributed by atoms with E-state index in [0.717, 1.165) is 27.5 Å². The second-order valence-electron chi connectivity index (χ2n) is 8.95. The lowest BCUT2D eigenvalue weighted by molar-refractivity contribution is -0.384. The molecule has 2 amide bonds. The van der Waals surface area contributed by atoms with Crippen molar-refractivity contribution in [1.29, 1.82) is 0 Å². The number of nitrogens with zero attached hydrogens (tertiary/aromatic N) is 2. The Morgan fingerprint density at radius 2 is 1.67 bits per heavy atom. The van der Waals surface area contributed by atoms with Crippen LogP contribution in [-0.4, -0.2) is 28.8 Å². The molecule has 1 atom stereocenters. The van der Waals surface area contributed by atoms with Crippen molar-refractivity contribution in [3.63, 3.8) is 0 Å². The lowest BCUT2D eigenvalue weighted by atomic mass is 10.1. The molecule has 0 aliphatic heterocycles. The standard InChI is InChI=1S/C31H24N4O5S2/c1-40-25-9-5-8-22(18-25)27-19-41-31(33-27)34-30(37)28(20-6-3-2-4-7-20)42-26-16-12-23(13-17-26)32-29(36)21-10-14-24(15-11-21)35(38)39/h2-19,28H,1H3,(H,32,36)(H,33,34,37). The molecule has 5 aromatic rings. The number of nitrogens with one attached hydrogen (secondary N) is 2. The molecule has 1 heterocycles. The first kappa shape index (κ1) is 28.5. The highest BCUT2D eigenvalue weighted by atomic mass is 32.2. The number of methoxy groups -OCH3 is 1. The molecule has 0 saturated carbocycles. The van der Waals surface area contributed by atoms with E-state index in [1.807, 2.05) is 72.1 Å². The summed E-state index contributed by atoms with van der Waals surface area (Å²) in [6.07, 6.45) is 0. The lowest BCUT2D eigenvalue weighted by Crippen LogP contribution is -2.19. The summed E-state index contributed by atoms with van der Waals surface area (Å²) in [6.45, 7) is 0. The zero-order valence-corrected chi connectivity index (χ0v) is 23.9. The molecule has 4 aromatic carbocycles. The van der Waals surface area contributed by atoms with Gasteiger partial charge in [-0.2, -0.15) is 0 Å². The summed E-state index contributed by atoms with van der Waals surface area (Å²) in [5.41, 5.74) is 3.23. The number of thiazole rings is 1. The van der Waals surface area contributed by atoms with Gasteiger partial charge in [-0.15, -0.1) is 23.1 Å². The summed E-state index contributed by atoms with van der Waals surface area (Å²) in [7, 11) is 1.61. The number of anilines is 2. The molecule has 11 heteroatoms. The van der Waals surface area contributed by atoms with Crippen molar-refractivity contribution in [3.8, 4) is 17.0 Å². The van der Waals surface area contributed by atoms with Crippen LogP contribution in [-0.2, 0) is 4.79 Å². The molecular formula is C31H24N4O5S2. The van der Waals surface area contributed by atoms with E-state index in [9.17, 15) is 19.7 Å². The molecule has 2 N–H and O–H groups in total. The van der Waals surface area contributed by atoms with Crippen molar-refractivity contribution in [1.82, 2.24) is 4.98 Å². The number of thioether (sulfide) groups is 1. The fourth-order valence-electron chi connectivity index (χ4n) is 4.01. The van der Waals surface area contributed by atoms with Gasteiger partial charge in [-0.1, -0.05) is 42.5 Å². The predicted octanol–water partition coefficient (Wildman–Crippen LogP) is 7.45. The summed E-state index contributed by atoms with van der Waals surface area (Å²) >= 11 is 2.72. The van der Waals surface area contributed by atoms with Crippen LogP contribution in [0.15, 0.2) is 113 Å². The van der Waals surface area contributed by atoms with Gasteiger partial charge in [0.25, 0.3) is 11.6 Å². The molecular weight excluding hydrogens is 572 g/mol. The Morgan fingerprint density at radius 3 is 2.36 bits per heavy atom. The van der Waals surface area contributed by atoms with Crippen LogP contribution in [0, 0.1) is 10.1 Å². The number of non-ortho nitro benzene ring substituents is 1. The van der Waals surface area contributed by atoms with Crippen LogP contribution in [0.1, 0.15) is 21.2 Å². The molecule has 42 heavy (non-hydrogen) atoms. The van der Waals surface area contributed by atoms with Gasteiger partial charge in [-0.3, -0.25) is 19.7 Å². The van der Waals surface area contributed by atoms with Crippen molar-refractivity contribution in [2.75, 3.05) is 17.7 Å². The predicted molar refractivity (Wildman–Crippen MR) is 165 cm³/mol. The van der Waals surface area contributed by atoms with Crippen molar-refractivity contribution in [3.05, 3.63) is 130 Å². The normalized spacial score (nSPS) is 11.4. The second-order valence-corrected chi connectivity index (χ2v) is 11.0. The third-order valence-electron chi connectivity index (χ3n) is 6.15. The Morgan fingerprint density at radius 1 is 0.929 bits per heavy atom. The largest absolute Gasteiger partial charge is 0.497 e. The molecule has 0 fully saturated rings. The number of aromatic nitrogens is 1. The molecule has 0 radical (unpaired) electrons. The van der Waals surface area contributed by atoms with Gasteiger partial charge in [-0.05, 0) is 54.1 Å². The quantitative estimate of drug-likeness (QED) is 0.0975. The first-order valence-corrected chi connectivity index (χ1v) is 14.4. The molecule has 210 valence electrons. The molecule has 9 nitrogen and oxygen atoms in total. The van der Waals surface area contributed by atoms with Crippen molar-refractivity contribution >= 4 is 51.4 Å². The average Bonchev–Trinajstić information content (AvgIpc) is 3.49. The van der Waals surface area contributed by atoms with E-state index in [0.29, 0.717) is 16.4 Å². The van der Waals surface area contributed by atoms with Crippen LogP contribution >= 0.6 is 23.1 Å².